The molecule has 2 aliphatic heterocycles. The largest absolute Gasteiger partial charge is 0.381 e. The average Bonchev–Trinajstić information content (AvgIpc) is 3.45. The van der Waals surface area contributed by atoms with Crippen molar-refractivity contribution in [1.82, 2.24) is 20.4 Å². The van der Waals surface area contributed by atoms with E-state index in [0.717, 1.165) is 69.1 Å². The molecule has 2 fully saturated rings. The fraction of sp³-hybridized carbons (Fsp3) is 0.500. The third-order valence-electron chi connectivity index (χ3n) is 7.88. The summed E-state index contributed by atoms with van der Waals surface area (Å²) in [6.07, 6.45) is 5.95. The molecule has 2 saturated heterocycles. The molecule has 0 radical (unpaired) electrons. The van der Waals surface area contributed by atoms with Crippen molar-refractivity contribution in [3.8, 4) is 0 Å². The lowest BCUT2D eigenvalue weighted by Gasteiger charge is -2.32. The number of sulfonamides is 1. The number of amides is 1. The average molecular weight is 582 g/mol. The first-order valence-corrected chi connectivity index (χ1v) is 16.3. The summed E-state index contributed by atoms with van der Waals surface area (Å²) in [7, 11) is -3.31. The van der Waals surface area contributed by atoms with Gasteiger partial charge in [0, 0.05) is 43.7 Å². The first-order valence-electron chi connectivity index (χ1n) is 14.4. The van der Waals surface area contributed by atoms with Gasteiger partial charge in [-0.2, -0.15) is 4.98 Å². The number of hydrogen-bond acceptors (Lipinski definition) is 8. The van der Waals surface area contributed by atoms with E-state index in [0.29, 0.717) is 37.0 Å². The molecule has 2 aliphatic rings. The van der Waals surface area contributed by atoms with Crippen molar-refractivity contribution < 1.29 is 22.5 Å². The molecular formula is C30H39N5O5S. The molecule has 1 amide bonds. The van der Waals surface area contributed by atoms with Crippen molar-refractivity contribution in [1.29, 1.82) is 0 Å². The molecule has 0 aliphatic carbocycles. The zero-order valence-electron chi connectivity index (χ0n) is 23.5. The number of carbonyl (C=O) groups excluding carboxylic acids is 1. The molecule has 5 rings (SSSR count). The molecule has 10 nitrogen and oxygen atoms in total. The van der Waals surface area contributed by atoms with Crippen LogP contribution >= 0.6 is 0 Å². The van der Waals surface area contributed by atoms with Gasteiger partial charge >= 0.3 is 0 Å². The number of piperidine rings is 1. The van der Waals surface area contributed by atoms with Gasteiger partial charge in [0.15, 0.2) is 5.82 Å². The second-order valence-electron chi connectivity index (χ2n) is 11.1. The van der Waals surface area contributed by atoms with Crippen LogP contribution in [0.4, 0.5) is 5.69 Å². The fourth-order valence-electron chi connectivity index (χ4n) is 5.56. The summed E-state index contributed by atoms with van der Waals surface area (Å²) in [4.78, 5) is 20.1. The molecule has 0 saturated carbocycles. The molecule has 3 heterocycles. The SMILES string of the molecule is CS(=O)(=O)Nc1ccc(Cc2noc(C3CCN(CCC(NC(=O)C4CCOCC4)c4ccccc4)CC3)n2)cc1. The van der Waals surface area contributed by atoms with Crippen LogP contribution in [0.1, 0.15) is 66.9 Å². The second-order valence-corrected chi connectivity index (χ2v) is 12.8. The van der Waals surface area contributed by atoms with E-state index < -0.39 is 10.0 Å². The van der Waals surface area contributed by atoms with Gasteiger partial charge in [0.05, 0.1) is 12.3 Å². The summed E-state index contributed by atoms with van der Waals surface area (Å²) >= 11 is 0. The third-order valence-corrected chi connectivity index (χ3v) is 8.49. The van der Waals surface area contributed by atoms with Crippen LogP contribution in [0.25, 0.3) is 0 Å². The Kier molecular flexibility index (Phi) is 9.68. The van der Waals surface area contributed by atoms with Crippen LogP contribution in [0.5, 0.6) is 0 Å². The number of likely N-dealkylation sites (tertiary alicyclic amines) is 1. The highest BCUT2D eigenvalue weighted by Gasteiger charge is 2.27. The number of carbonyl (C=O) groups is 1. The number of hydrogen-bond donors (Lipinski definition) is 2. The molecule has 11 heteroatoms. The molecule has 220 valence electrons. The topological polar surface area (TPSA) is 127 Å². The molecule has 1 atom stereocenters. The summed E-state index contributed by atoms with van der Waals surface area (Å²) < 4.78 is 36.3. The van der Waals surface area contributed by atoms with Crippen LogP contribution in [0, 0.1) is 5.92 Å². The minimum Gasteiger partial charge on any atom is -0.381 e. The van der Waals surface area contributed by atoms with Crippen LogP contribution in [0.2, 0.25) is 0 Å². The van der Waals surface area contributed by atoms with E-state index in [1.807, 2.05) is 30.3 Å². The first kappa shape index (κ1) is 29.2. The Morgan fingerprint density at radius 1 is 1.02 bits per heavy atom. The van der Waals surface area contributed by atoms with Crippen molar-refractivity contribution in [2.75, 3.05) is 43.8 Å². The van der Waals surface area contributed by atoms with Gasteiger partial charge in [-0.25, -0.2) is 8.42 Å². The number of anilines is 1. The molecular weight excluding hydrogens is 542 g/mol. The summed E-state index contributed by atoms with van der Waals surface area (Å²) in [5.74, 6) is 1.70. The van der Waals surface area contributed by atoms with Crippen LogP contribution in [0.3, 0.4) is 0 Å². The maximum atomic E-state index is 13.0. The van der Waals surface area contributed by atoms with Gasteiger partial charge in [0.25, 0.3) is 0 Å². The van der Waals surface area contributed by atoms with Gasteiger partial charge in [-0.3, -0.25) is 9.52 Å². The van der Waals surface area contributed by atoms with Crippen molar-refractivity contribution in [2.24, 2.45) is 5.92 Å². The number of aromatic nitrogens is 2. The second kappa shape index (κ2) is 13.6. The van der Waals surface area contributed by atoms with Gasteiger partial charge in [-0.1, -0.05) is 47.6 Å². The number of benzene rings is 2. The number of nitrogens with zero attached hydrogens (tertiary/aromatic N) is 3. The number of nitrogens with one attached hydrogen (secondary N) is 2. The summed E-state index contributed by atoms with van der Waals surface area (Å²) in [5.41, 5.74) is 2.64. The lowest BCUT2D eigenvalue weighted by atomic mass is 9.95. The van der Waals surface area contributed by atoms with Crippen LogP contribution < -0.4 is 10.0 Å². The molecule has 2 N–H and O–H groups in total. The minimum atomic E-state index is -3.31. The number of ether oxygens (including phenoxy) is 1. The van der Waals surface area contributed by atoms with E-state index in [4.69, 9.17) is 9.26 Å². The van der Waals surface area contributed by atoms with Gasteiger partial charge in [-0.15, -0.1) is 0 Å². The van der Waals surface area contributed by atoms with E-state index in [9.17, 15) is 13.2 Å². The minimum absolute atomic E-state index is 0.0148. The Balaban J connectivity index is 1.10. The molecule has 3 aromatic rings. The highest BCUT2D eigenvalue weighted by atomic mass is 32.2. The smallest absolute Gasteiger partial charge is 0.229 e. The van der Waals surface area contributed by atoms with E-state index in [1.165, 1.54) is 0 Å². The summed E-state index contributed by atoms with van der Waals surface area (Å²) in [5, 5.41) is 7.52. The van der Waals surface area contributed by atoms with Crippen molar-refractivity contribution >= 4 is 21.6 Å². The first-order chi connectivity index (χ1) is 19.8. The monoisotopic (exact) mass is 581 g/mol. The standard InChI is InChI=1S/C30H39N5O5S/c1-41(37,38)34-26-9-7-22(8-10-26)21-28-32-30(40-33-28)25-11-16-35(17-12-25)18-13-27(23-5-3-2-4-6-23)31-29(36)24-14-19-39-20-15-24/h2-10,24-25,27,34H,11-21H2,1H3,(H,31,36). The van der Waals surface area contributed by atoms with E-state index >= 15 is 0 Å². The molecule has 1 aromatic heterocycles. The highest BCUT2D eigenvalue weighted by molar-refractivity contribution is 7.92. The summed E-state index contributed by atoms with van der Waals surface area (Å²) in [6, 6.07) is 17.4. The Bertz CT molecular complexity index is 1370. The van der Waals surface area contributed by atoms with Crippen molar-refractivity contribution in [2.45, 2.75) is 50.5 Å². The van der Waals surface area contributed by atoms with Crippen molar-refractivity contribution in [3.63, 3.8) is 0 Å². The Hall–Kier alpha value is -3.28. The summed E-state index contributed by atoms with van der Waals surface area (Å²) in [6.45, 7) is 4.09. The predicted molar refractivity (Wildman–Crippen MR) is 156 cm³/mol. The van der Waals surface area contributed by atoms with Gasteiger partial charge in [0.2, 0.25) is 21.8 Å². The predicted octanol–water partition coefficient (Wildman–Crippen LogP) is 3.89. The maximum absolute atomic E-state index is 13.0. The van der Waals surface area contributed by atoms with Crippen molar-refractivity contribution in [3.05, 3.63) is 77.4 Å². The molecule has 1 unspecified atom stereocenters. The molecule has 0 bridgehead atoms. The molecule has 41 heavy (non-hydrogen) atoms. The lowest BCUT2D eigenvalue weighted by molar-refractivity contribution is -0.128. The zero-order valence-corrected chi connectivity index (χ0v) is 24.3. The quantitative estimate of drug-likeness (QED) is 0.349. The zero-order chi connectivity index (χ0) is 28.7. The lowest BCUT2D eigenvalue weighted by Crippen LogP contribution is -2.39. The fourth-order valence-corrected chi connectivity index (χ4v) is 6.13. The van der Waals surface area contributed by atoms with Gasteiger partial charge in [-0.05, 0) is 68.5 Å². The number of rotatable bonds is 11. The van der Waals surface area contributed by atoms with Crippen LogP contribution in [-0.2, 0) is 26.0 Å². The normalized spacial score (nSPS) is 18.2. The molecule has 2 aromatic carbocycles. The van der Waals surface area contributed by atoms with Crippen LogP contribution in [0.15, 0.2) is 59.1 Å². The van der Waals surface area contributed by atoms with E-state index in [2.05, 4.69) is 37.2 Å². The van der Waals surface area contributed by atoms with E-state index in [1.54, 1.807) is 12.1 Å². The van der Waals surface area contributed by atoms with Gasteiger partial charge < -0.3 is 19.5 Å². The Morgan fingerprint density at radius 2 is 1.73 bits per heavy atom. The Labute approximate surface area is 241 Å². The maximum Gasteiger partial charge on any atom is 0.229 e. The Morgan fingerprint density at radius 3 is 2.41 bits per heavy atom. The van der Waals surface area contributed by atoms with E-state index in [-0.39, 0.29) is 23.8 Å². The van der Waals surface area contributed by atoms with Gasteiger partial charge in [0.1, 0.15) is 0 Å². The van der Waals surface area contributed by atoms with Crippen LogP contribution in [-0.4, -0.2) is 68.5 Å². The third kappa shape index (κ3) is 8.61. The highest BCUT2D eigenvalue weighted by Crippen LogP contribution is 2.28. The molecule has 0 spiro atoms.